The Morgan fingerprint density at radius 3 is 1.64 bits per heavy atom. The number of ether oxygens (including phenoxy) is 2. The Hall–Kier alpha value is -2.52. The lowest BCUT2D eigenvalue weighted by Crippen LogP contribution is -1.91. The molecule has 0 aromatic heterocycles. The van der Waals surface area contributed by atoms with Gasteiger partial charge in [0.2, 0.25) is 0 Å². The molecule has 0 aliphatic rings. The van der Waals surface area contributed by atoms with Crippen molar-refractivity contribution >= 4 is 27.6 Å². The number of halogens is 1. The van der Waals surface area contributed by atoms with Crippen molar-refractivity contribution in [2.75, 3.05) is 14.2 Å². The lowest BCUT2D eigenvalue weighted by atomic mass is 9.95. The fraction of sp³-hybridized carbons (Fsp3) is 0.0909. The van der Waals surface area contributed by atoms with Crippen molar-refractivity contribution in [1.82, 2.24) is 0 Å². The van der Waals surface area contributed by atoms with Crippen LogP contribution in [0.15, 0.2) is 77.3 Å². The molecule has 126 valence electrons. The van der Waals surface area contributed by atoms with E-state index in [9.17, 15) is 0 Å². The molecule has 0 unspecified atom stereocenters. The second-order valence-corrected chi connectivity index (χ2v) is 6.39. The molecule has 0 amide bonds. The highest BCUT2D eigenvalue weighted by Gasteiger charge is 2.08. The van der Waals surface area contributed by atoms with Gasteiger partial charge in [-0.1, -0.05) is 58.4 Å². The summed E-state index contributed by atoms with van der Waals surface area (Å²) in [4.78, 5) is 0. The van der Waals surface area contributed by atoms with E-state index in [0.717, 1.165) is 38.2 Å². The largest absolute Gasteiger partial charge is 0.497 e. The molecule has 0 saturated heterocycles. The first-order valence-electron chi connectivity index (χ1n) is 7.96. The minimum Gasteiger partial charge on any atom is -0.497 e. The molecule has 3 aromatic carbocycles. The van der Waals surface area contributed by atoms with Gasteiger partial charge in [-0.2, -0.15) is 0 Å². The number of methoxy groups -OCH3 is 2. The second kappa shape index (κ2) is 8.04. The highest BCUT2D eigenvalue weighted by Crippen LogP contribution is 2.30. The summed E-state index contributed by atoms with van der Waals surface area (Å²) in [6.45, 7) is 0. The van der Waals surface area contributed by atoms with Crippen molar-refractivity contribution in [3.8, 4) is 11.5 Å². The topological polar surface area (TPSA) is 18.5 Å². The Morgan fingerprint density at radius 2 is 1.20 bits per heavy atom. The molecule has 0 aliphatic carbocycles. The molecular formula is C22H19BrO2. The quantitative estimate of drug-likeness (QED) is 0.490. The lowest BCUT2D eigenvalue weighted by molar-refractivity contribution is 0.414. The summed E-state index contributed by atoms with van der Waals surface area (Å²) in [6.07, 6.45) is 2.19. The van der Waals surface area contributed by atoms with Crippen molar-refractivity contribution in [1.29, 1.82) is 0 Å². The average Bonchev–Trinajstić information content (AvgIpc) is 2.68. The number of rotatable bonds is 5. The van der Waals surface area contributed by atoms with E-state index in [2.05, 4.69) is 52.3 Å². The number of hydrogen-bond donors (Lipinski definition) is 0. The summed E-state index contributed by atoms with van der Waals surface area (Å²) in [6, 6.07) is 24.4. The predicted octanol–water partition coefficient (Wildman–Crippen LogP) is 6.06. The molecule has 0 saturated carbocycles. The summed E-state index contributed by atoms with van der Waals surface area (Å²) < 4.78 is 11.6. The van der Waals surface area contributed by atoms with Gasteiger partial charge in [0.25, 0.3) is 0 Å². The van der Waals surface area contributed by atoms with Crippen LogP contribution in [0.3, 0.4) is 0 Å². The van der Waals surface area contributed by atoms with Gasteiger partial charge in [0.1, 0.15) is 11.5 Å². The highest BCUT2D eigenvalue weighted by atomic mass is 79.9. The molecule has 0 aliphatic heterocycles. The molecule has 25 heavy (non-hydrogen) atoms. The third-order valence-corrected chi connectivity index (χ3v) is 4.73. The van der Waals surface area contributed by atoms with E-state index in [-0.39, 0.29) is 0 Å². The number of hydrogen-bond acceptors (Lipinski definition) is 2. The Bertz CT molecular complexity index is 816. The third kappa shape index (κ3) is 4.12. The van der Waals surface area contributed by atoms with Crippen LogP contribution in [-0.2, 0) is 0 Å². The van der Waals surface area contributed by atoms with E-state index in [1.54, 1.807) is 14.2 Å². The Labute approximate surface area is 156 Å². The van der Waals surface area contributed by atoms with Gasteiger partial charge in [-0.3, -0.25) is 0 Å². The second-order valence-electron chi connectivity index (χ2n) is 5.54. The SMILES string of the molecule is COc1ccc(C(=Cc2ccccc2Br)c2ccc(OC)cc2)cc1. The summed E-state index contributed by atoms with van der Waals surface area (Å²) in [5, 5.41) is 0. The normalized spacial score (nSPS) is 10.2. The molecule has 0 fully saturated rings. The Morgan fingerprint density at radius 1 is 0.720 bits per heavy atom. The van der Waals surface area contributed by atoms with E-state index in [1.807, 2.05) is 42.5 Å². The van der Waals surface area contributed by atoms with E-state index in [4.69, 9.17) is 9.47 Å². The van der Waals surface area contributed by atoms with Crippen molar-refractivity contribution in [3.05, 3.63) is 94.0 Å². The fourth-order valence-corrected chi connectivity index (χ4v) is 3.02. The maximum Gasteiger partial charge on any atom is 0.118 e. The van der Waals surface area contributed by atoms with Gasteiger partial charge in [0.15, 0.2) is 0 Å². The fourth-order valence-electron chi connectivity index (χ4n) is 2.62. The summed E-state index contributed by atoms with van der Waals surface area (Å²) in [7, 11) is 3.35. The first kappa shape index (κ1) is 17.3. The van der Waals surface area contributed by atoms with Gasteiger partial charge in [-0.05, 0) is 58.7 Å². The van der Waals surface area contributed by atoms with Gasteiger partial charge in [-0.15, -0.1) is 0 Å². The minimum atomic E-state index is 0.846. The maximum absolute atomic E-state index is 5.28. The van der Waals surface area contributed by atoms with Gasteiger partial charge >= 0.3 is 0 Å². The molecular weight excluding hydrogens is 376 g/mol. The molecule has 0 bridgehead atoms. The van der Waals surface area contributed by atoms with Crippen LogP contribution in [0, 0.1) is 0 Å². The van der Waals surface area contributed by atoms with Crippen molar-refractivity contribution in [2.24, 2.45) is 0 Å². The van der Waals surface area contributed by atoms with Crippen LogP contribution in [0.5, 0.6) is 11.5 Å². The Balaban J connectivity index is 2.11. The monoisotopic (exact) mass is 394 g/mol. The smallest absolute Gasteiger partial charge is 0.118 e. The van der Waals surface area contributed by atoms with Gasteiger partial charge in [0, 0.05) is 4.47 Å². The van der Waals surface area contributed by atoms with Gasteiger partial charge in [-0.25, -0.2) is 0 Å². The molecule has 2 nitrogen and oxygen atoms in total. The van der Waals surface area contributed by atoms with Crippen LogP contribution in [0.2, 0.25) is 0 Å². The van der Waals surface area contributed by atoms with E-state index in [1.165, 1.54) is 0 Å². The summed E-state index contributed by atoms with van der Waals surface area (Å²) in [5.74, 6) is 1.69. The van der Waals surface area contributed by atoms with Crippen molar-refractivity contribution < 1.29 is 9.47 Å². The molecule has 0 heterocycles. The molecule has 0 radical (unpaired) electrons. The van der Waals surface area contributed by atoms with Crippen LogP contribution < -0.4 is 9.47 Å². The van der Waals surface area contributed by atoms with Crippen LogP contribution in [0.25, 0.3) is 11.6 Å². The zero-order chi connectivity index (χ0) is 17.6. The third-order valence-electron chi connectivity index (χ3n) is 4.01. The molecule has 0 atom stereocenters. The first-order valence-corrected chi connectivity index (χ1v) is 8.75. The van der Waals surface area contributed by atoms with Gasteiger partial charge in [0.05, 0.1) is 14.2 Å². The van der Waals surface area contributed by atoms with E-state index in [0.29, 0.717) is 0 Å². The van der Waals surface area contributed by atoms with Crippen LogP contribution in [0.4, 0.5) is 0 Å². The summed E-state index contributed by atoms with van der Waals surface area (Å²) >= 11 is 3.63. The summed E-state index contributed by atoms with van der Waals surface area (Å²) in [5.41, 5.74) is 4.52. The first-order chi connectivity index (χ1) is 12.2. The predicted molar refractivity (Wildman–Crippen MR) is 107 cm³/mol. The maximum atomic E-state index is 5.28. The van der Waals surface area contributed by atoms with Gasteiger partial charge < -0.3 is 9.47 Å². The minimum absolute atomic E-state index is 0.846. The molecule has 3 heteroatoms. The molecule has 3 rings (SSSR count). The average molecular weight is 395 g/mol. The van der Waals surface area contributed by atoms with E-state index < -0.39 is 0 Å². The van der Waals surface area contributed by atoms with Crippen LogP contribution in [0.1, 0.15) is 16.7 Å². The molecule has 3 aromatic rings. The molecule has 0 spiro atoms. The zero-order valence-electron chi connectivity index (χ0n) is 14.2. The van der Waals surface area contributed by atoms with Crippen molar-refractivity contribution in [3.63, 3.8) is 0 Å². The zero-order valence-corrected chi connectivity index (χ0v) is 15.8. The van der Waals surface area contributed by atoms with E-state index >= 15 is 0 Å². The van der Waals surface area contributed by atoms with Crippen LogP contribution in [-0.4, -0.2) is 14.2 Å². The van der Waals surface area contributed by atoms with Crippen LogP contribution >= 0.6 is 15.9 Å². The number of benzene rings is 3. The standard InChI is InChI=1S/C22H19BrO2/c1-24-19-11-7-16(8-12-19)21(15-18-5-3-4-6-22(18)23)17-9-13-20(25-2)14-10-17/h3-15H,1-2H3. The Kier molecular flexibility index (Phi) is 5.56. The highest BCUT2D eigenvalue weighted by molar-refractivity contribution is 9.10. The lowest BCUT2D eigenvalue weighted by Gasteiger charge is -2.11. The van der Waals surface area contributed by atoms with Crippen molar-refractivity contribution in [2.45, 2.75) is 0 Å². The molecule has 0 N–H and O–H groups in total.